The van der Waals surface area contributed by atoms with E-state index >= 15 is 0 Å². The van der Waals surface area contributed by atoms with Gasteiger partial charge in [0.2, 0.25) is 0 Å². The van der Waals surface area contributed by atoms with Gasteiger partial charge in [0, 0.05) is 26.0 Å². The van der Waals surface area contributed by atoms with Crippen LogP contribution in [0.2, 0.25) is 0 Å². The quantitative estimate of drug-likeness (QED) is 0.748. The van der Waals surface area contributed by atoms with Crippen molar-refractivity contribution in [1.82, 2.24) is 15.0 Å². The van der Waals surface area contributed by atoms with E-state index in [1.807, 2.05) is 35.9 Å². The van der Waals surface area contributed by atoms with Crippen LogP contribution in [0.1, 0.15) is 17.8 Å². The van der Waals surface area contributed by atoms with Crippen LogP contribution < -0.4 is 9.47 Å². The molecule has 1 aromatic carbocycles. The molecule has 21 heavy (non-hydrogen) atoms. The molecule has 0 aliphatic rings. The van der Waals surface area contributed by atoms with Gasteiger partial charge in [0.15, 0.2) is 0 Å². The van der Waals surface area contributed by atoms with Crippen LogP contribution >= 0.6 is 0 Å². The first-order chi connectivity index (χ1) is 10.2. The molecule has 6 heteroatoms. The lowest BCUT2D eigenvalue weighted by Crippen LogP contribution is -2.07. The highest BCUT2D eigenvalue weighted by Gasteiger charge is 2.07. The van der Waals surface area contributed by atoms with E-state index in [2.05, 4.69) is 10.3 Å². The number of hydrogen-bond donors (Lipinski definition) is 1. The van der Waals surface area contributed by atoms with E-state index in [0.29, 0.717) is 13.0 Å². The minimum absolute atomic E-state index is 0.0973. The summed E-state index contributed by atoms with van der Waals surface area (Å²) < 4.78 is 12.6. The molecule has 0 aliphatic heterocycles. The molecule has 0 aliphatic carbocycles. The van der Waals surface area contributed by atoms with Crippen LogP contribution in [0, 0.1) is 6.92 Å². The molecule has 0 saturated carbocycles. The van der Waals surface area contributed by atoms with Crippen LogP contribution in [0.5, 0.6) is 11.5 Å². The minimum Gasteiger partial charge on any atom is -0.497 e. The maximum atomic E-state index is 8.92. The van der Waals surface area contributed by atoms with Crippen molar-refractivity contribution >= 4 is 0 Å². The Kier molecular flexibility index (Phi) is 5.57. The van der Waals surface area contributed by atoms with Crippen molar-refractivity contribution in [2.24, 2.45) is 0 Å². The Morgan fingerprint density at radius 2 is 1.90 bits per heavy atom. The summed E-state index contributed by atoms with van der Waals surface area (Å²) in [4.78, 5) is 0. The molecule has 0 atom stereocenters. The Hall–Kier alpha value is -2.08. The van der Waals surface area contributed by atoms with Gasteiger partial charge in [0.1, 0.15) is 11.5 Å². The summed E-state index contributed by atoms with van der Waals surface area (Å²) in [5, 5.41) is 17.1. The molecule has 114 valence electrons. The second-order valence-electron chi connectivity index (χ2n) is 4.70. The molecule has 1 aromatic heterocycles. The van der Waals surface area contributed by atoms with Crippen molar-refractivity contribution < 1.29 is 14.6 Å². The largest absolute Gasteiger partial charge is 0.497 e. The minimum atomic E-state index is 0.0973. The van der Waals surface area contributed by atoms with E-state index in [9.17, 15) is 0 Å². The molecular formula is C15H21N3O3. The normalized spacial score (nSPS) is 10.6. The van der Waals surface area contributed by atoms with Crippen LogP contribution in [0.3, 0.4) is 0 Å². The standard InChI is InChI=1S/C15H21N3O3/c1-12-15(8-10-19)16-17-18(12)9-3-11-21-14-6-4-13(20-2)5-7-14/h4-7,19H,3,8-11H2,1-2H3. The number of rotatable bonds is 8. The van der Waals surface area contributed by atoms with Crippen molar-refractivity contribution in [3.8, 4) is 11.5 Å². The van der Waals surface area contributed by atoms with Gasteiger partial charge in [-0.2, -0.15) is 0 Å². The number of aliphatic hydroxyl groups excluding tert-OH is 1. The molecule has 1 heterocycles. The monoisotopic (exact) mass is 291 g/mol. The highest BCUT2D eigenvalue weighted by molar-refractivity contribution is 5.31. The molecule has 1 N–H and O–H groups in total. The number of hydrogen-bond acceptors (Lipinski definition) is 5. The van der Waals surface area contributed by atoms with E-state index in [1.54, 1.807) is 7.11 Å². The van der Waals surface area contributed by atoms with Crippen LogP contribution in [0.25, 0.3) is 0 Å². The number of aliphatic hydroxyl groups is 1. The molecular weight excluding hydrogens is 270 g/mol. The first-order valence-electron chi connectivity index (χ1n) is 7.01. The highest BCUT2D eigenvalue weighted by atomic mass is 16.5. The third-order valence-electron chi connectivity index (χ3n) is 3.27. The summed E-state index contributed by atoms with van der Waals surface area (Å²) in [7, 11) is 1.64. The van der Waals surface area contributed by atoms with Gasteiger partial charge in [-0.15, -0.1) is 5.10 Å². The summed E-state index contributed by atoms with van der Waals surface area (Å²) in [6.45, 7) is 3.43. The lowest BCUT2D eigenvalue weighted by Gasteiger charge is -2.07. The van der Waals surface area contributed by atoms with Crippen molar-refractivity contribution in [3.63, 3.8) is 0 Å². The highest BCUT2D eigenvalue weighted by Crippen LogP contribution is 2.17. The number of methoxy groups -OCH3 is 1. The molecule has 2 aromatic rings. The zero-order valence-corrected chi connectivity index (χ0v) is 12.5. The maximum Gasteiger partial charge on any atom is 0.119 e. The Labute approximate surface area is 124 Å². The number of ether oxygens (including phenoxy) is 2. The smallest absolute Gasteiger partial charge is 0.119 e. The summed E-state index contributed by atoms with van der Waals surface area (Å²) in [6.07, 6.45) is 1.39. The molecule has 6 nitrogen and oxygen atoms in total. The fourth-order valence-corrected chi connectivity index (χ4v) is 2.02. The van der Waals surface area contributed by atoms with Crippen LogP contribution in [0.15, 0.2) is 24.3 Å². The first kappa shape index (κ1) is 15.3. The van der Waals surface area contributed by atoms with Gasteiger partial charge >= 0.3 is 0 Å². The predicted molar refractivity (Wildman–Crippen MR) is 78.7 cm³/mol. The van der Waals surface area contributed by atoms with E-state index in [-0.39, 0.29) is 6.61 Å². The predicted octanol–water partition coefficient (Wildman–Crippen LogP) is 1.60. The molecule has 0 bridgehead atoms. The van der Waals surface area contributed by atoms with Gasteiger partial charge in [-0.1, -0.05) is 5.21 Å². The maximum absolute atomic E-state index is 8.92. The SMILES string of the molecule is COc1ccc(OCCCn2nnc(CCO)c2C)cc1. The third-order valence-corrected chi connectivity index (χ3v) is 3.27. The molecule has 0 amide bonds. The van der Waals surface area contributed by atoms with Gasteiger partial charge in [0.25, 0.3) is 0 Å². The second-order valence-corrected chi connectivity index (χ2v) is 4.70. The summed E-state index contributed by atoms with van der Waals surface area (Å²) in [5.41, 5.74) is 1.86. The summed E-state index contributed by atoms with van der Waals surface area (Å²) >= 11 is 0. The Balaban J connectivity index is 1.76. The van der Waals surface area contributed by atoms with Gasteiger partial charge in [-0.3, -0.25) is 0 Å². The van der Waals surface area contributed by atoms with Crippen LogP contribution in [-0.2, 0) is 13.0 Å². The zero-order chi connectivity index (χ0) is 15.1. The van der Waals surface area contributed by atoms with Gasteiger partial charge in [-0.05, 0) is 31.2 Å². The van der Waals surface area contributed by atoms with Crippen molar-refractivity contribution in [1.29, 1.82) is 0 Å². The summed E-state index contributed by atoms with van der Waals surface area (Å²) in [5.74, 6) is 1.64. The number of aryl methyl sites for hydroxylation is 1. The van der Waals surface area contributed by atoms with Crippen molar-refractivity contribution in [3.05, 3.63) is 35.7 Å². The Morgan fingerprint density at radius 3 is 2.57 bits per heavy atom. The Bertz CT molecular complexity index is 552. The zero-order valence-electron chi connectivity index (χ0n) is 12.5. The van der Waals surface area contributed by atoms with Crippen molar-refractivity contribution in [2.75, 3.05) is 20.3 Å². The molecule has 0 radical (unpaired) electrons. The molecule has 2 rings (SSSR count). The first-order valence-corrected chi connectivity index (χ1v) is 7.01. The average Bonchev–Trinajstić information content (AvgIpc) is 2.86. The van der Waals surface area contributed by atoms with E-state index < -0.39 is 0 Å². The fraction of sp³-hybridized carbons (Fsp3) is 0.467. The topological polar surface area (TPSA) is 69.4 Å². The van der Waals surface area contributed by atoms with E-state index in [0.717, 1.165) is 35.9 Å². The van der Waals surface area contributed by atoms with Crippen LogP contribution in [0.4, 0.5) is 0 Å². The molecule has 0 spiro atoms. The van der Waals surface area contributed by atoms with Gasteiger partial charge < -0.3 is 14.6 Å². The lowest BCUT2D eigenvalue weighted by molar-refractivity contribution is 0.296. The van der Waals surface area contributed by atoms with Crippen LogP contribution in [-0.4, -0.2) is 40.4 Å². The third kappa shape index (κ3) is 4.19. The second kappa shape index (κ2) is 7.64. The fourth-order valence-electron chi connectivity index (χ4n) is 2.02. The molecule has 0 saturated heterocycles. The van der Waals surface area contributed by atoms with Crippen molar-refractivity contribution in [2.45, 2.75) is 26.3 Å². The number of nitrogens with zero attached hydrogens (tertiary/aromatic N) is 3. The summed E-state index contributed by atoms with van der Waals surface area (Å²) in [6, 6.07) is 7.52. The Morgan fingerprint density at radius 1 is 1.19 bits per heavy atom. The number of benzene rings is 1. The molecule has 0 unspecified atom stereocenters. The average molecular weight is 291 g/mol. The molecule has 0 fully saturated rings. The van der Waals surface area contributed by atoms with E-state index in [4.69, 9.17) is 14.6 Å². The van der Waals surface area contributed by atoms with Gasteiger partial charge in [0.05, 0.1) is 25.1 Å². The van der Waals surface area contributed by atoms with E-state index in [1.165, 1.54) is 0 Å². The lowest BCUT2D eigenvalue weighted by atomic mass is 10.2. The number of aromatic nitrogens is 3. The van der Waals surface area contributed by atoms with Gasteiger partial charge in [-0.25, -0.2) is 4.68 Å².